The minimum atomic E-state index is 0.461. The fourth-order valence-corrected chi connectivity index (χ4v) is 4.23. The highest BCUT2D eigenvalue weighted by atomic mass is 35.5. The lowest BCUT2D eigenvalue weighted by molar-refractivity contribution is 0.312. The highest BCUT2D eigenvalue weighted by molar-refractivity contribution is 6.33. The Bertz CT molecular complexity index is 1270. The minimum absolute atomic E-state index is 0.461. The number of anilines is 2. The van der Waals surface area contributed by atoms with Crippen molar-refractivity contribution in [1.29, 1.82) is 0 Å². The van der Waals surface area contributed by atoms with Crippen LogP contribution in [0, 0.1) is 0 Å². The zero-order chi connectivity index (χ0) is 21.4. The molecule has 0 amide bonds. The first-order chi connectivity index (χ1) is 15.1. The Kier molecular flexibility index (Phi) is 5.18. The number of benzene rings is 2. The average Bonchev–Trinajstić information content (AvgIpc) is 2.79. The predicted octanol–water partition coefficient (Wildman–Crippen LogP) is 5.09. The van der Waals surface area contributed by atoms with Crippen LogP contribution in [-0.2, 0) is 13.0 Å². The Morgan fingerprint density at radius 1 is 1.10 bits per heavy atom. The van der Waals surface area contributed by atoms with Gasteiger partial charge in [0.1, 0.15) is 5.75 Å². The molecular weight excluding hydrogens is 410 g/mol. The molecule has 0 bridgehead atoms. The van der Waals surface area contributed by atoms with Gasteiger partial charge in [-0.05, 0) is 48.9 Å². The number of hydrogen-bond donors (Lipinski definition) is 1. The summed E-state index contributed by atoms with van der Waals surface area (Å²) in [5.74, 6) is 1.24. The van der Waals surface area contributed by atoms with Gasteiger partial charge in [-0.2, -0.15) is 0 Å². The van der Waals surface area contributed by atoms with Crippen LogP contribution in [0.1, 0.15) is 11.1 Å². The molecule has 0 atom stereocenters. The highest BCUT2D eigenvalue weighted by Crippen LogP contribution is 2.35. The van der Waals surface area contributed by atoms with E-state index in [-0.39, 0.29) is 0 Å². The van der Waals surface area contributed by atoms with Crippen LogP contribution in [0.25, 0.3) is 22.2 Å². The van der Waals surface area contributed by atoms with Crippen molar-refractivity contribution in [3.05, 3.63) is 71.0 Å². The Hall–Kier alpha value is -3.22. The van der Waals surface area contributed by atoms with Crippen molar-refractivity contribution in [2.24, 2.45) is 0 Å². The lowest BCUT2D eigenvalue weighted by Crippen LogP contribution is -2.26. The maximum Gasteiger partial charge on any atom is 0.227 e. The standard InChI is InChI=1S/C24H22ClN5O/c1-30-10-8-15-12-22(31-2)21(11-16(15)14-30)28-24-27-13-19(25)23(29-24)18-7-9-26-20-6-4-3-5-17(18)20/h3-7,9,11-13H,8,10,14H2,1-2H3,(H,27,28,29). The van der Waals surface area contributed by atoms with Gasteiger partial charge < -0.3 is 15.0 Å². The summed E-state index contributed by atoms with van der Waals surface area (Å²) in [5.41, 5.74) is 5.91. The molecule has 7 heteroatoms. The van der Waals surface area contributed by atoms with Gasteiger partial charge in [0, 0.05) is 30.2 Å². The third-order valence-corrected chi connectivity index (χ3v) is 5.90. The first kappa shape index (κ1) is 19.7. The number of fused-ring (bicyclic) bond motifs is 2. The molecular formula is C24H22ClN5O. The predicted molar refractivity (Wildman–Crippen MR) is 124 cm³/mol. The summed E-state index contributed by atoms with van der Waals surface area (Å²) in [6.45, 7) is 1.95. The molecule has 4 aromatic rings. The van der Waals surface area contributed by atoms with Gasteiger partial charge in [-0.1, -0.05) is 29.8 Å². The second kappa shape index (κ2) is 8.13. The molecule has 2 aromatic heterocycles. The van der Waals surface area contributed by atoms with Crippen molar-refractivity contribution in [3.63, 3.8) is 0 Å². The number of pyridine rings is 1. The van der Waals surface area contributed by atoms with Crippen LogP contribution in [0.5, 0.6) is 5.75 Å². The Labute approximate surface area is 185 Å². The van der Waals surface area contributed by atoms with E-state index in [2.05, 4.69) is 39.4 Å². The van der Waals surface area contributed by atoms with E-state index >= 15 is 0 Å². The van der Waals surface area contributed by atoms with Crippen LogP contribution in [0.2, 0.25) is 5.02 Å². The van der Waals surface area contributed by atoms with Gasteiger partial charge in [0.15, 0.2) is 0 Å². The molecule has 1 N–H and O–H groups in total. The molecule has 1 aliphatic heterocycles. The zero-order valence-electron chi connectivity index (χ0n) is 17.4. The number of nitrogens with one attached hydrogen (secondary N) is 1. The fraction of sp³-hybridized carbons (Fsp3) is 0.208. The number of para-hydroxylation sites is 1. The lowest BCUT2D eigenvalue weighted by atomic mass is 9.99. The Morgan fingerprint density at radius 3 is 2.84 bits per heavy atom. The normalized spacial score (nSPS) is 13.8. The summed E-state index contributed by atoms with van der Waals surface area (Å²) in [7, 11) is 3.81. The Balaban J connectivity index is 1.55. The second-order valence-corrected chi connectivity index (χ2v) is 8.11. The summed E-state index contributed by atoms with van der Waals surface area (Å²) in [5, 5.41) is 4.81. The number of halogens is 1. The first-order valence-corrected chi connectivity index (χ1v) is 10.5. The second-order valence-electron chi connectivity index (χ2n) is 7.70. The van der Waals surface area contributed by atoms with Gasteiger partial charge in [0.25, 0.3) is 0 Å². The number of rotatable bonds is 4. The summed E-state index contributed by atoms with van der Waals surface area (Å²) < 4.78 is 5.64. The molecule has 0 spiro atoms. The van der Waals surface area contributed by atoms with Crippen LogP contribution in [0.3, 0.4) is 0 Å². The van der Waals surface area contributed by atoms with Gasteiger partial charge in [-0.25, -0.2) is 9.97 Å². The van der Waals surface area contributed by atoms with Gasteiger partial charge in [-0.15, -0.1) is 0 Å². The molecule has 0 fully saturated rings. The van der Waals surface area contributed by atoms with E-state index in [1.165, 1.54) is 11.1 Å². The number of nitrogens with zero attached hydrogens (tertiary/aromatic N) is 4. The largest absolute Gasteiger partial charge is 0.495 e. The molecule has 0 aliphatic carbocycles. The molecule has 2 aromatic carbocycles. The molecule has 0 saturated heterocycles. The van der Waals surface area contributed by atoms with E-state index in [9.17, 15) is 0 Å². The van der Waals surface area contributed by atoms with Crippen molar-refractivity contribution in [1.82, 2.24) is 19.9 Å². The average molecular weight is 432 g/mol. The van der Waals surface area contributed by atoms with E-state index in [4.69, 9.17) is 21.3 Å². The topological polar surface area (TPSA) is 63.2 Å². The molecule has 1 aliphatic rings. The molecule has 0 unspecified atom stereocenters. The summed E-state index contributed by atoms with van der Waals surface area (Å²) in [4.78, 5) is 15.9. The number of methoxy groups -OCH3 is 1. The lowest BCUT2D eigenvalue weighted by Gasteiger charge is -2.26. The van der Waals surface area contributed by atoms with Crippen molar-refractivity contribution in [2.45, 2.75) is 13.0 Å². The monoisotopic (exact) mass is 431 g/mol. The molecule has 6 nitrogen and oxygen atoms in total. The van der Waals surface area contributed by atoms with E-state index < -0.39 is 0 Å². The quantitative estimate of drug-likeness (QED) is 0.486. The molecule has 31 heavy (non-hydrogen) atoms. The van der Waals surface area contributed by atoms with Gasteiger partial charge >= 0.3 is 0 Å². The molecule has 0 saturated carbocycles. The molecule has 156 valence electrons. The number of aromatic nitrogens is 3. The van der Waals surface area contributed by atoms with Gasteiger partial charge in [-0.3, -0.25) is 4.98 Å². The smallest absolute Gasteiger partial charge is 0.227 e. The molecule has 0 radical (unpaired) electrons. The molecule has 5 rings (SSSR count). The third-order valence-electron chi connectivity index (χ3n) is 5.62. The summed E-state index contributed by atoms with van der Waals surface area (Å²) in [6.07, 6.45) is 4.41. The SMILES string of the molecule is COc1cc2c(cc1Nc1ncc(Cl)c(-c3ccnc4ccccc34)n1)CN(C)CC2. The van der Waals surface area contributed by atoms with Crippen LogP contribution in [-0.4, -0.2) is 40.6 Å². The van der Waals surface area contributed by atoms with Gasteiger partial charge in [0.05, 0.1) is 35.2 Å². The molecule has 3 heterocycles. The summed E-state index contributed by atoms with van der Waals surface area (Å²) >= 11 is 6.50. The third kappa shape index (κ3) is 3.80. The van der Waals surface area contributed by atoms with Crippen LogP contribution < -0.4 is 10.1 Å². The van der Waals surface area contributed by atoms with E-state index in [1.54, 1.807) is 19.5 Å². The Morgan fingerprint density at radius 2 is 1.97 bits per heavy atom. The van der Waals surface area contributed by atoms with E-state index in [0.717, 1.165) is 47.4 Å². The van der Waals surface area contributed by atoms with Crippen molar-refractivity contribution < 1.29 is 4.74 Å². The minimum Gasteiger partial charge on any atom is -0.495 e. The maximum atomic E-state index is 6.50. The van der Waals surface area contributed by atoms with Crippen LogP contribution >= 0.6 is 11.6 Å². The van der Waals surface area contributed by atoms with Gasteiger partial charge in [0.2, 0.25) is 5.95 Å². The number of likely N-dealkylation sites (N-methyl/N-ethyl adjacent to an activating group) is 1. The highest BCUT2D eigenvalue weighted by Gasteiger charge is 2.18. The van der Waals surface area contributed by atoms with Crippen molar-refractivity contribution in [2.75, 3.05) is 26.0 Å². The van der Waals surface area contributed by atoms with E-state index in [0.29, 0.717) is 16.7 Å². The number of hydrogen-bond acceptors (Lipinski definition) is 6. The first-order valence-electron chi connectivity index (χ1n) is 10.1. The number of ether oxygens (including phenoxy) is 1. The van der Waals surface area contributed by atoms with E-state index in [1.807, 2.05) is 30.3 Å². The van der Waals surface area contributed by atoms with Crippen LogP contribution in [0.4, 0.5) is 11.6 Å². The van der Waals surface area contributed by atoms with Crippen LogP contribution in [0.15, 0.2) is 54.9 Å². The maximum absolute atomic E-state index is 6.50. The zero-order valence-corrected chi connectivity index (χ0v) is 18.1. The summed E-state index contributed by atoms with van der Waals surface area (Å²) in [6, 6.07) is 14.1. The van der Waals surface area contributed by atoms with Crippen molar-refractivity contribution >= 4 is 34.1 Å². The van der Waals surface area contributed by atoms with Crippen molar-refractivity contribution in [3.8, 4) is 17.0 Å². The fourth-order valence-electron chi connectivity index (χ4n) is 4.03.